The first kappa shape index (κ1) is 14.0. The number of nitrogens with zero attached hydrogens (tertiary/aromatic N) is 2. The standard InChI is InChI=1S/C14H25N3S/c1-10(2)5-13-8-17(11(3)6-16-13)9-14-7-15-12(4)18-14/h7,10-11,13,16H,5-6,8-9H2,1-4H3. The molecule has 1 aromatic rings. The second kappa shape index (κ2) is 6.13. The highest BCUT2D eigenvalue weighted by Gasteiger charge is 2.25. The van der Waals surface area contributed by atoms with Crippen LogP contribution < -0.4 is 5.32 Å². The van der Waals surface area contributed by atoms with Crippen molar-refractivity contribution in [3.05, 3.63) is 16.1 Å². The van der Waals surface area contributed by atoms with Crippen molar-refractivity contribution >= 4 is 11.3 Å². The molecule has 0 aromatic carbocycles. The second-order valence-corrected chi connectivity index (χ2v) is 7.18. The van der Waals surface area contributed by atoms with Gasteiger partial charge in [0.1, 0.15) is 0 Å². The van der Waals surface area contributed by atoms with Crippen LogP contribution in [0.5, 0.6) is 0 Å². The molecular formula is C14H25N3S. The SMILES string of the molecule is Cc1ncc(CN2CC(CC(C)C)NCC2C)s1. The molecule has 2 heterocycles. The van der Waals surface area contributed by atoms with Gasteiger partial charge in [-0.05, 0) is 26.2 Å². The Morgan fingerprint density at radius 1 is 1.56 bits per heavy atom. The van der Waals surface area contributed by atoms with Crippen molar-refractivity contribution in [2.45, 2.75) is 52.7 Å². The Morgan fingerprint density at radius 3 is 2.94 bits per heavy atom. The highest BCUT2D eigenvalue weighted by atomic mass is 32.1. The summed E-state index contributed by atoms with van der Waals surface area (Å²) < 4.78 is 0. The Balaban J connectivity index is 1.93. The van der Waals surface area contributed by atoms with Gasteiger partial charge in [-0.1, -0.05) is 13.8 Å². The molecule has 0 aliphatic carbocycles. The fraction of sp³-hybridized carbons (Fsp3) is 0.786. The topological polar surface area (TPSA) is 28.2 Å². The van der Waals surface area contributed by atoms with Crippen molar-refractivity contribution < 1.29 is 0 Å². The van der Waals surface area contributed by atoms with Crippen molar-refractivity contribution in [2.75, 3.05) is 13.1 Å². The minimum absolute atomic E-state index is 0.621. The van der Waals surface area contributed by atoms with Gasteiger partial charge in [-0.15, -0.1) is 11.3 Å². The van der Waals surface area contributed by atoms with E-state index in [4.69, 9.17) is 0 Å². The van der Waals surface area contributed by atoms with Gasteiger partial charge in [-0.3, -0.25) is 4.90 Å². The van der Waals surface area contributed by atoms with E-state index in [1.165, 1.54) is 16.3 Å². The molecule has 1 aliphatic heterocycles. The molecule has 2 rings (SSSR count). The lowest BCUT2D eigenvalue weighted by Gasteiger charge is -2.39. The highest BCUT2D eigenvalue weighted by Crippen LogP contribution is 2.19. The zero-order valence-electron chi connectivity index (χ0n) is 11.9. The Morgan fingerprint density at radius 2 is 2.33 bits per heavy atom. The number of aryl methyl sites for hydroxylation is 1. The van der Waals surface area contributed by atoms with E-state index < -0.39 is 0 Å². The van der Waals surface area contributed by atoms with Gasteiger partial charge in [0, 0.05) is 42.8 Å². The van der Waals surface area contributed by atoms with Crippen LogP contribution in [0.4, 0.5) is 0 Å². The molecule has 0 spiro atoms. The molecule has 0 radical (unpaired) electrons. The molecule has 4 heteroatoms. The van der Waals surface area contributed by atoms with Gasteiger partial charge in [0.15, 0.2) is 0 Å². The minimum atomic E-state index is 0.621. The Bertz CT molecular complexity index is 375. The van der Waals surface area contributed by atoms with Crippen LogP contribution in [0.1, 0.15) is 37.1 Å². The quantitative estimate of drug-likeness (QED) is 0.909. The molecule has 1 aromatic heterocycles. The van der Waals surface area contributed by atoms with E-state index >= 15 is 0 Å². The second-order valence-electron chi connectivity index (χ2n) is 5.86. The molecule has 1 aliphatic rings. The fourth-order valence-corrected chi connectivity index (χ4v) is 3.44. The molecule has 0 saturated carbocycles. The van der Waals surface area contributed by atoms with Crippen molar-refractivity contribution in [2.24, 2.45) is 5.92 Å². The molecule has 1 N–H and O–H groups in total. The third-order valence-corrected chi connectivity index (χ3v) is 4.46. The summed E-state index contributed by atoms with van der Waals surface area (Å²) >= 11 is 1.83. The van der Waals surface area contributed by atoms with Crippen molar-refractivity contribution in [1.82, 2.24) is 15.2 Å². The zero-order chi connectivity index (χ0) is 13.1. The molecule has 2 atom stereocenters. The van der Waals surface area contributed by atoms with Gasteiger partial charge in [-0.2, -0.15) is 0 Å². The third-order valence-electron chi connectivity index (χ3n) is 3.56. The van der Waals surface area contributed by atoms with E-state index in [9.17, 15) is 0 Å². The third kappa shape index (κ3) is 3.77. The van der Waals surface area contributed by atoms with Gasteiger partial charge in [0.2, 0.25) is 0 Å². The lowest BCUT2D eigenvalue weighted by atomic mass is 10.00. The molecule has 1 fully saturated rings. The van der Waals surface area contributed by atoms with Gasteiger partial charge in [0.25, 0.3) is 0 Å². The van der Waals surface area contributed by atoms with Crippen molar-refractivity contribution in [3.8, 4) is 0 Å². The van der Waals surface area contributed by atoms with Gasteiger partial charge < -0.3 is 5.32 Å². The summed E-state index contributed by atoms with van der Waals surface area (Å²) in [6, 6.07) is 1.27. The van der Waals surface area contributed by atoms with E-state index in [-0.39, 0.29) is 0 Å². The summed E-state index contributed by atoms with van der Waals surface area (Å²) in [5, 5.41) is 4.84. The molecule has 2 unspecified atom stereocenters. The van der Waals surface area contributed by atoms with E-state index in [2.05, 4.69) is 42.9 Å². The lowest BCUT2D eigenvalue weighted by molar-refractivity contribution is 0.126. The van der Waals surface area contributed by atoms with Crippen LogP contribution >= 0.6 is 11.3 Å². The molecule has 18 heavy (non-hydrogen) atoms. The van der Waals surface area contributed by atoms with Crippen LogP contribution in [-0.2, 0) is 6.54 Å². The summed E-state index contributed by atoms with van der Waals surface area (Å²) in [4.78, 5) is 8.34. The average Bonchev–Trinajstić information content (AvgIpc) is 2.68. The van der Waals surface area contributed by atoms with E-state index in [1.807, 2.05) is 17.5 Å². The average molecular weight is 267 g/mol. The molecule has 102 valence electrons. The Kier molecular flexibility index (Phi) is 4.76. The van der Waals surface area contributed by atoms with Gasteiger partial charge in [0.05, 0.1) is 5.01 Å². The molecule has 0 bridgehead atoms. The number of nitrogens with one attached hydrogen (secondary N) is 1. The summed E-state index contributed by atoms with van der Waals surface area (Å²) in [5.74, 6) is 0.767. The van der Waals surface area contributed by atoms with Crippen LogP contribution in [0.2, 0.25) is 0 Å². The van der Waals surface area contributed by atoms with Crippen LogP contribution in [0.3, 0.4) is 0 Å². The fourth-order valence-electron chi connectivity index (χ4n) is 2.62. The van der Waals surface area contributed by atoms with Gasteiger partial charge >= 0.3 is 0 Å². The Hall–Kier alpha value is -0.450. The Labute approximate surface area is 115 Å². The molecule has 3 nitrogen and oxygen atoms in total. The number of thiazole rings is 1. The number of hydrogen-bond acceptors (Lipinski definition) is 4. The molecular weight excluding hydrogens is 242 g/mol. The lowest BCUT2D eigenvalue weighted by Crippen LogP contribution is -2.55. The number of rotatable bonds is 4. The van der Waals surface area contributed by atoms with Crippen LogP contribution in [0.25, 0.3) is 0 Å². The van der Waals surface area contributed by atoms with Crippen molar-refractivity contribution in [1.29, 1.82) is 0 Å². The van der Waals surface area contributed by atoms with Crippen molar-refractivity contribution in [3.63, 3.8) is 0 Å². The molecule has 0 amide bonds. The first-order chi connectivity index (χ1) is 8.54. The monoisotopic (exact) mass is 267 g/mol. The predicted octanol–water partition coefficient (Wildman–Crippen LogP) is 2.66. The van der Waals surface area contributed by atoms with Crippen LogP contribution in [-0.4, -0.2) is 35.1 Å². The smallest absolute Gasteiger partial charge is 0.0897 e. The van der Waals surface area contributed by atoms with Crippen LogP contribution in [0, 0.1) is 12.8 Å². The van der Waals surface area contributed by atoms with E-state index in [0.717, 1.165) is 25.6 Å². The number of aromatic nitrogens is 1. The maximum absolute atomic E-state index is 4.35. The normalized spacial score (nSPS) is 25.8. The maximum atomic E-state index is 4.35. The number of hydrogen-bond donors (Lipinski definition) is 1. The molecule has 1 saturated heterocycles. The first-order valence-electron chi connectivity index (χ1n) is 6.93. The van der Waals surface area contributed by atoms with Crippen LogP contribution in [0.15, 0.2) is 6.20 Å². The minimum Gasteiger partial charge on any atom is -0.311 e. The summed E-state index contributed by atoms with van der Waals surface area (Å²) in [7, 11) is 0. The predicted molar refractivity (Wildman–Crippen MR) is 78.0 cm³/mol. The first-order valence-corrected chi connectivity index (χ1v) is 7.75. The van der Waals surface area contributed by atoms with E-state index in [0.29, 0.717) is 12.1 Å². The maximum Gasteiger partial charge on any atom is 0.0897 e. The van der Waals surface area contributed by atoms with E-state index in [1.54, 1.807) is 0 Å². The van der Waals surface area contributed by atoms with Gasteiger partial charge in [-0.25, -0.2) is 4.98 Å². The summed E-state index contributed by atoms with van der Waals surface area (Å²) in [6.07, 6.45) is 3.30. The summed E-state index contributed by atoms with van der Waals surface area (Å²) in [5.41, 5.74) is 0. The zero-order valence-corrected chi connectivity index (χ0v) is 12.8. The summed E-state index contributed by atoms with van der Waals surface area (Å²) in [6.45, 7) is 12.3. The highest BCUT2D eigenvalue weighted by molar-refractivity contribution is 7.11. The largest absolute Gasteiger partial charge is 0.311 e. The number of piperazine rings is 1.